The zero-order chi connectivity index (χ0) is 15.3. The van der Waals surface area contributed by atoms with Crippen LogP contribution in [-0.2, 0) is 17.7 Å². The number of hydrogen-bond donors (Lipinski definition) is 2. The zero-order valence-electron chi connectivity index (χ0n) is 13.6. The molecule has 0 spiro atoms. The van der Waals surface area contributed by atoms with E-state index in [1.807, 2.05) is 0 Å². The van der Waals surface area contributed by atoms with E-state index in [0.29, 0.717) is 6.61 Å². The number of nitrogens with zero attached hydrogens (tertiary/aromatic N) is 1. The second kappa shape index (κ2) is 11.1. The van der Waals surface area contributed by atoms with Gasteiger partial charge >= 0.3 is 0 Å². The summed E-state index contributed by atoms with van der Waals surface area (Å²) in [5.41, 5.74) is 2.70. The highest BCUT2D eigenvalue weighted by Gasteiger charge is 2.01. The van der Waals surface area contributed by atoms with E-state index >= 15 is 0 Å². The molecule has 0 aromatic heterocycles. The molecule has 0 fully saturated rings. The number of aryl methyl sites for hydroxylation is 1. The van der Waals surface area contributed by atoms with E-state index in [-0.39, 0.29) is 0 Å². The smallest absolute Gasteiger partial charge is 0.191 e. The van der Waals surface area contributed by atoms with Crippen LogP contribution in [0.3, 0.4) is 0 Å². The Balaban J connectivity index is 2.28. The Bertz CT molecular complexity index is 418. The predicted octanol–water partition coefficient (Wildman–Crippen LogP) is 2.73. The van der Waals surface area contributed by atoms with Crippen LogP contribution in [0.15, 0.2) is 29.3 Å². The Labute approximate surface area is 129 Å². The van der Waals surface area contributed by atoms with Gasteiger partial charge in [0.25, 0.3) is 0 Å². The van der Waals surface area contributed by atoms with Crippen molar-refractivity contribution >= 4 is 5.96 Å². The van der Waals surface area contributed by atoms with E-state index in [1.54, 1.807) is 7.05 Å². The molecule has 0 aliphatic rings. The molecule has 0 amide bonds. The minimum absolute atomic E-state index is 0.715. The largest absolute Gasteiger partial charge is 0.380 e. The molecule has 1 aromatic carbocycles. The Hall–Kier alpha value is -1.55. The van der Waals surface area contributed by atoms with Crippen LogP contribution in [0.25, 0.3) is 0 Å². The van der Waals surface area contributed by atoms with Crippen molar-refractivity contribution < 1.29 is 4.74 Å². The molecule has 118 valence electrons. The van der Waals surface area contributed by atoms with Gasteiger partial charge in [-0.1, -0.05) is 44.5 Å². The summed E-state index contributed by atoms with van der Waals surface area (Å²) in [5, 5.41) is 6.61. The van der Waals surface area contributed by atoms with Gasteiger partial charge in [-0.05, 0) is 24.0 Å². The van der Waals surface area contributed by atoms with Crippen molar-refractivity contribution in [3.05, 3.63) is 35.4 Å². The van der Waals surface area contributed by atoms with Crippen LogP contribution < -0.4 is 10.6 Å². The molecule has 1 rings (SSSR count). The van der Waals surface area contributed by atoms with E-state index in [2.05, 4.69) is 53.7 Å². The maximum Gasteiger partial charge on any atom is 0.191 e. The van der Waals surface area contributed by atoms with Crippen molar-refractivity contribution in [1.82, 2.24) is 10.6 Å². The van der Waals surface area contributed by atoms with Crippen molar-refractivity contribution in [2.24, 2.45) is 4.99 Å². The molecule has 0 heterocycles. The first-order valence-corrected chi connectivity index (χ1v) is 7.90. The molecule has 0 unspecified atom stereocenters. The second-order valence-corrected chi connectivity index (χ2v) is 4.94. The standard InChI is InChI=1S/C17H29N3O/c1-4-6-12-21-13-11-19-17(18-3)20-14-16-10-8-7-9-15(16)5-2/h7-10H,4-6,11-14H2,1-3H3,(H2,18,19,20). The Morgan fingerprint density at radius 1 is 1.10 bits per heavy atom. The van der Waals surface area contributed by atoms with Crippen molar-refractivity contribution in [1.29, 1.82) is 0 Å². The first-order chi connectivity index (χ1) is 10.3. The molecule has 0 bridgehead atoms. The van der Waals surface area contributed by atoms with Crippen LogP contribution in [-0.4, -0.2) is 32.8 Å². The van der Waals surface area contributed by atoms with Crippen LogP contribution >= 0.6 is 0 Å². The average Bonchev–Trinajstić information content (AvgIpc) is 2.53. The molecule has 0 aliphatic heterocycles. The lowest BCUT2D eigenvalue weighted by Crippen LogP contribution is -2.38. The quantitative estimate of drug-likeness (QED) is 0.418. The molecule has 4 nitrogen and oxygen atoms in total. The average molecular weight is 291 g/mol. The fourth-order valence-corrected chi connectivity index (χ4v) is 2.06. The van der Waals surface area contributed by atoms with Crippen LogP contribution in [0.5, 0.6) is 0 Å². The fraction of sp³-hybridized carbons (Fsp3) is 0.588. The lowest BCUT2D eigenvalue weighted by Gasteiger charge is -2.13. The number of aliphatic imine (C=N–C) groups is 1. The molecular weight excluding hydrogens is 262 g/mol. The van der Waals surface area contributed by atoms with E-state index in [4.69, 9.17) is 4.74 Å². The number of guanidine groups is 1. The molecule has 4 heteroatoms. The highest BCUT2D eigenvalue weighted by atomic mass is 16.5. The van der Waals surface area contributed by atoms with Crippen LogP contribution in [0.2, 0.25) is 0 Å². The summed E-state index contributed by atoms with van der Waals surface area (Å²) in [6.45, 7) is 7.47. The van der Waals surface area contributed by atoms with Gasteiger partial charge in [0.05, 0.1) is 6.61 Å². The number of rotatable bonds is 9. The van der Waals surface area contributed by atoms with Gasteiger partial charge in [0, 0.05) is 26.7 Å². The van der Waals surface area contributed by atoms with Crippen molar-refractivity contribution in [3.8, 4) is 0 Å². The lowest BCUT2D eigenvalue weighted by molar-refractivity contribution is 0.136. The van der Waals surface area contributed by atoms with E-state index in [9.17, 15) is 0 Å². The van der Waals surface area contributed by atoms with Crippen LogP contribution in [0, 0.1) is 0 Å². The summed E-state index contributed by atoms with van der Waals surface area (Å²) >= 11 is 0. The molecule has 0 radical (unpaired) electrons. The topological polar surface area (TPSA) is 45.6 Å². The predicted molar refractivity (Wildman–Crippen MR) is 89.7 cm³/mol. The summed E-state index contributed by atoms with van der Waals surface area (Å²) in [4.78, 5) is 4.23. The van der Waals surface area contributed by atoms with Crippen LogP contribution in [0.1, 0.15) is 37.8 Å². The first kappa shape index (κ1) is 17.5. The third kappa shape index (κ3) is 7.14. The van der Waals surface area contributed by atoms with Gasteiger partial charge in [0.1, 0.15) is 0 Å². The monoisotopic (exact) mass is 291 g/mol. The second-order valence-electron chi connectivity index (χ2n) is 4.94. The van der Waals surface area contributed by atoms with Gasteiger partial charge in [0.15, 0.2) is 5.96 Å². The molecule has 0 saturated heterocycles. The lowest BCUT2D eigenvalue weighted by atomic mass is 10.1. The van der Waals surface area contributed by atoms with Gasteiger partial charge in [-0.3, -0.25) is 4.99 Å². The maximum atomic E-state index is 5.52. The van der Waals surface area contributed by atoms with Gasteiger partial charge in [-0.2, -0.15) is 0 Å². The molecule has 21 heavy (non-hydrogen) atoms. The molecule has 1 aromatic rings. The molecule has 0 atom stereocenters. The zero-order valence-corrected chi connectivity index (χ0v) is 13.6. The van der Waals surface area contributed by atoms with Crippen molar-refractivity contribution in [3.63, 3.8) is 0 Å². The minimum atomic E-state index is 0.715. The fourth-order valence-electron chi connectivity index (χ4n) is 2.06. The van der Waals surface area contributed by atoms with Gasteiger partial charge < -0.3 is 15.4 Å². The minimum Gasteiger partial charge on any atom is -0.380 e. The Kier molecular flexibility index (Phi) is 9.29. The van der Waals surface area contributed by atoms with Gasteiger partial charge in [0.2, 0.25) is 0 Å². The van der Waals surface area contributed by atoms with E-state index in [0.717, 1.165) is 38.5 Å². The molecule has 0 saturated carbocycles. The first-order valence-electron chi connectivity index (χ1n) is 7.90. The van der Waals surface area contributed by atoms with E-state index < -0.39 is 0 Å². The van der Waals surface area contributed by atoms with E-state index in [1.165, 1.54) is 17.5 Å². The van der Waals surface area contributed by atoms with Gasteiger partial charge in [-0.15, -0.1) is 0 Å². The normalized spacial score (nSPS) is 11.5. The summed E-state index contributed by atoms with van der Waals surface area (Å²) in [6.07, 6.45) is 3.35. The highest BCUT2D eigenvalue weighted by Crippen LogP contribution is 2.08. The third-order valence-electron chi connectivity index (χ3n) is 3.35. The van der Waals surface area contributed by atoms with Crippen LogP contribution in [0.4, 0.5) is 0 Å². The van der Waals surface area contributed by atoms with Crippen molar-refractivity contribution in [2.75, 3.05) is 26.8 Å². The number of unbranched alkanes of at least 4 members (excludes halogenated alkanes) is 1. The number of ether oxygens (including phenoxy) is 1. The number of benzene rings is 1. The summed E-state index contributed by atoms with van der Waals surface area (Å²) in [6, 6.07) is 8.50. The van der Waals surface area contributed by atoms with Crippen molar-refractivity contribution in [2.45, 2.75) is 39.7 Å². The Morgan fingerprint density at radius 3 is 2.52 bits per heavy atom. The SMILES string of the molecule is CCCCOCCNC(=NC)NCc1ccccc1CC. The summed E-state index contributed by atoms with van der Waals surface area (Å²) in [7, 11) is 1.79. The third-order valence-corrected chi connectivity index (χ3v) is 3.35. The maximum absolute atomic E-state index is 5.52. The molecular formula is C17H29N3O. The number of hydrogen-bond acceptors (Lipinski definition) is 2. The highest BCUT2D eigenvalue weighted by molar-refractivity contribution is 5.79. The molecule has 2 N–H and O–H groups in total. The molecule has 0 aliphatic carbocycles. The van der Waals surface area contributed by atoms with Gasteiger partial charge in [-0.25, -0.2) is 0 Å². The summed E-state index contributed by atoms with van der Waals surface area (Å²) < 4.78 is 5.52. The number of nitrogens with one attached hydrogen (secondary N) is 2. The Morgan fingerprint density at radius 2 is 1.86 bits per heavy atom. The summed E-state index contributed by atoms with van der Waals surface area (Å²) in [5.74, 6) is 0.819.